The van der Waals surface area contributed by atoms with E-state index in [2.05, 4.69) is 31.3 Å². The van der Waals surface area contributed by atoms with Crippen molar-refractivity contribution in [2.24, 2.45) is 0 Å². The largest absolute Gasteiger partial charge is 0.472 e. The molecule has 47 heavy (non-hydrogen) atoms. The first-order chi connectivity index (χ1) is 22.3. The summed E-state index contributed by atoms with van der Waals surface area (Å²) < 4.78 is 22.6. The Kier molecular flexibility index (Phi) is 23.5. The fraction of sp³-hybridized carbons (Fsp3) is 0.909. The topological polar surface area (TPSA) is 226 Å². The van der Waals surface area contributed by atoms with Crippen LogP contribution in [-0.2, 0) is 18.4 Å². The first kappa shape index (κ1) is 44.1. The standard InChI is InChI=1S/C33H64NO12P/c1-3-5-7-9-11-12-13-15-16-18-20-24(35)22-27(37)34-25(26(36)21-19-17-14-10-8-6-4-2)23-45-47(43,44)46-33-31(41)29(39)28(38)30(40)32(33)42/h11-12,24-26,28-33,35-36,38-42H,3-10,13-23H2,1-2H3,(H,34,37)(H,43,44)/b12-11-. The number of phosphoric acid groups is 1. The van der Waals surface area contributed by atoms with Gasteiger partial charge in [0, 0.05) is 0 Å². The van der Waals surface area contributed by atoms with E-state index in [9.17, 15) is 50.0 Å². The minimum absolute atomic E-state index is 0.232. The van der Waals surface area contributed by atoms with Gasteiger partial charge in [0.05, 0.1) is 31.3 Å². The first-order valence-corrected chi connectivity index (χ1v) is 19.2. The van der Waals surface area contributed by atoms with Gasteiger partial charge >= 0.3 is 7.82 Å². The molecule has 0 aliphatic heterocycles. The summed E-state index contributed by atoms with van der Waals surface area (Å²) in [5.74, 6) is -0.577. The van der Waals surface area contributed by atoms with Crippen LogP contribution in [0.2, 0.25) is 0 Å². The van der Waals surface area contributed by atoms with Crippen LogP contribution in [0.1, 0.15) is 129 Å². The van der Waals surface area contributed by atoms with Crippen molar-refractivity contribution in [3.05, 3.63) is 12.2 Å². The van der Waals surface area contributed by atoms with Crippen LogP contribution in [-0.4, -0.2) is 108 Å². The summed E-state index contributed by atoms with van der Waals surface area (Å²) in [6.45, 7) is 3.62. The summed E-state index contributed by atoms with van der Waals surface area (Å²) in [4.78, 5) is 23.1. The summed E-state index contributed by atoms with van der Waals surface area (Å²) in [6, 6.07) is -1.15. The van der Waals surface area contributed by atoms with Crippen LogP contribution in [0, 0.1) is 0 Å². The third-order valence-electron chi connectivity index (χ3n) is 8.63. The molecule has 1 rings (SSSR count). The predicted molar refractivity (Wildman–Crippen MR) is 178 cm³/mol. The molecule has 278 valence electrons. The van der Waals surface area contributed by atoms with E-state index in [4.69, 9.17) is 9.05 Å². The van der Waals surface area contributed by atoms with Crippen LogP contribution < -0.4 is 5.32 Å². The van der Waals surface area contributed by atoms with Crippen molar-refractivity contribution >= 4 is 13.7 Å². The van der Waals surface area contributed by atoms with Gasteiger partial charge < -0.3 is 46.0 Å². The number of carbonyl (C=O) groups excluding carboxylic acids is 1. The van der Waals surface area contributed by atoms with Gasteiger partial charge in [-0.1, -0.05) is 96.6 Å². The normalized spacial score (nSPS) is 26.6. The highest BCUT2D eigenvalue weighted by Gasteiger charge is 2.51. The zero-order valence-corrected chi connectivity index (χ0v) is 29.3. The van der Waals surface area contributed by atoms with Crippen molar-refractivity contribution in [3.8, 4) is 0 Å². The van der Waals surface area contributed by atoms with Crippen LogP contribution in [0.5, 0.6) is 0 Å². The van der Waals surface area contributed by atoms with Gasteiger partial charge in [0.2, 0.25) is 5.91 Å². The van der Waals surface area contributed by atoms with Gasteiger partial charge in [0.15, 0.2) is 0 Å². The maximum Gasteiger partial charge on any atom is 0.472 e. The second-order valence-corrected chi connectivity index (χ2v) is 14.3. The molecular formula is C33H64NO12P. The van der Waals surface area contributed by atoms with Gasteiger partial charge in [-0.2, -0.15) is 0 Å². The van der Waals surface area contributed by atoms with Crippen LogP contribution in [0.3, 0.4) is 0 Å². The molecular weight excluding hydrogens is 633 g/mol. The Bertz CT molecular complexity index is 880. The second kappa shape index (κ2) is 25.1. The monoisotopic (exact) mass is 697 g/mol. The SMILES string of the molecule is CCCCC/C=C\CCCCCC(O)CC(=O)NC(COP(=O)(O)OC1C(O)C(O)C(O)C(O)C1O)C(O)CCCCCCCCC. The fourth-order valence-electron chi connectivity index (χ4n) is 5.59. The average Bonchev–Trinajstić information content (AvgIpc) is 3.03. The maximum atomic E-state index is 12.8. The minimum atomic E-state index is -5.10. The van der Waals surface area contributed by atoms with Crippen molar-refractivity contribution < 1.29 is 59.0 Å². The lowest BCUT2D eigenvalue weighted by atomic mass is 9.85. The van der Waals surface area contributed by atoms with Gasteiger partial charge in [0.25, 0.3) is 0 Å². The highest BCUT2D eigenvalue weighted by Crippen LogP contribution is 2.47. The molecule has 0 radical (unpaired) electrons. The summed E-state index contributed by atoms with van der Waals surface area (Å²) in [5.41, 5.74) is 0. The Morgan fingerprint density at radius 3 is 1.79 bits per heavy atom. The van der Waals surface area contributed by atoms with Crippen molar-refractivity contribution in [2.75, 3.05) is 6.61 Å². The average molecular weight is 698 g/mol. The molecule has 1 amide bonds. The number of unbranched alkanes of at least 4 members (excludes halogenated alkanes) is 12. The first-order valence-electron chi connectivity index (χ1n) is 17.7. The fourth-order valence-corrected chi connectivity index (χ4v) is 6.56. The molecule has 8 atom stereocenters. The number of hydrogen-bond donors (Lipinski definition) is 9. The van der Waals surface area contributed by atoms with Gasteiger partial charge in [0.1, 0.15) is 36.6 Å². The van der Waals surface area contributed by atoms with Crippen LogP contribution in [0.25, 0.3) is 0 Å². The predicted octanol–water partition coefficient (Wildman–Crippen LogP) is 3.13. The summed E-state index contributed by atoms with van der Waals surface area (Å²) >= 11 is 0. The Morgan fingerprint density at radius 1 is 0.723 bits per heavy atom. The molecule has 14 heteroatoms. The summed E-state index contributed by atoms with van der Waals surface area (Å²) in [7, 11) is -5.10. The molecule has 9 N–H and O–H groups in total. The smallest absolute Gasteiger partial charge is 0.393 e. The Labute approximate surface area is 281 Å². The molecule has 1 fully saturated rings. The molecule has 1 saturated carbocycles. The number of hydrogen-bond acceptors (Lipinski definition) is 11. The van der Waals surface area contributed by atoms with Crippen molar-refractivity contribution in [1.82, 2.24) is 5.32 Å². The van der Waals surface area contributed by atoms with E-state index in [0.29, 0.717) is 12.8 Å². The van der Waals surface area contributed by atoms with E-state index in [0.717, 1.165) is 70.6 Å². The van der Waals surface area contributed by atoms with Gasteiger partial charge in [-0.25, -0.2) is 4.57 Å². The van der Waals surface area contributed by atoms with Crippen LogP contribution in [0.15, 0.2) is 12.2 Å². The van der Waals surface area contributed by atoms with E-state index < -0.39 is 75.2 Å². The molecule has 0 aromatic rings. The van der Waals surface area contributed by atoms with Crippen molar-refractivity contribution in [1.29, 1.82) is 0 Å². The molecule has 0 saturated heterocycles. The number of carbonyl (C=O) groups is 1. The summed E-state index contributed by atoms with van der Waals surface area (Å²) in [6.07, 6.45) is 6.21. The molecule has 0 heterocycles. The van der Waals surface area contributed by atoms with Gasteiger partial charge in [-0.3, -0.25) is 13.8 Å². The number of aliphatic hydroxyl groups excluding tert-OH is 7. The number of allylic oxidation sites excluding steroid dienone is 2. The summed E-state index contributed by atoms with van der Waals surface area (Å²) in [5, 5.41) is 73.7. The molecule has 0 bridgehead atoms. The zero-order valence-electron chi connectivity index (χ0n) is 28.4. The maximum absolute atomic E-state index is 12.8. The van der Waals surface area contributed by atoms with E-state index in [-0.39, 0.29) is 12.8 Å². The van der Waals surface area contributed by atoms with Crippen molar-refractivity contribution in [2.45, 2.75) is 184 Å². The number of nitrogens with one attached hydrogen (secondary N) is 1. The Morgan fingerprint density at radius 2 is 1.19 bits per heavy atom. The Hall–Kier alpha value is -0.960. The number of phosphoric ester groups is 1. The van der Waals surface area contributed by atoms with Crippen LogP contribution >= 0.6 is 7.82 Å². The van der Waals surface area contributed by atoms with E-state index in [1.165, 1.54) is 19.3 Å². The molecule has 1 aliphatic rings. The molecule has 13 nitrogen and oxygen atoms in total. The minimum Gasteiger partial charge on any atom is -0.393 e. The molecule has 0 aromatic heterocycles. The number of aliphatic hydroxyl groups is 7. The van der Waals surface area contributed by atoms with E-state index in [1.807, 2.05) is 0 Å². The molecule has 0 spiro atoms. The Balaban J connectivity index is 2.67. The van der Waals surface area contributed by atoms with Crippen molar-refractivity contribution in [3.63, 3.8) is 0 Å². The van der Waals surface area contributed by atoms with Gasteiger partial charge in [-0.15, -0.1) is 0 Å². The molecule has 0 aromatic carbocycles. The second-order valence-electron chi connectivity index (χ2n) is 12.9. The third-order valence-corrected chi connectivity index (χ3v) is 9.61. The highest BCUT2D eigenvalue weighted by atomic mass is 31.2. The van der Waals surface area contributed by atoms with Crippen LogP contribution in [0.4, 0.5) is 0 Å². The lowest BCUT2D eigenvalue weighted by Crippen LogP contribution is -2.64. The highest BCUT2D eigenvalue weighted by molar-refractivity contribution is 7.47. The number of rotatable bonds is 27. The third kappa shape index (κ3) is 18.6. The molecule has 1 aliphatic carbocycles. The lowest BCUT2D eigenvalue weighted by molar-refractivity contribution is -0.220. The molecule has 8 unspecified atom stereocenters. The number of amides is 1. The van der Waals surface area contributed by atoms with E-state index in [1.54, 1.807) is 0 Å². The zero-order chi connectivity index (χ0) is 35.2. The lowest BCUT2D eigenvalue weighted by Gasteiger charge is -2.41. The van der Waals surface area contributed by atoms with E-state index >= 15 is 0 Å². The quantitative estimate of drug-likeness (QED) is 0.0343. The van der Waals surface area contributed by atoms with Gasteiger partial charge in [-0.05, 0) is 38.5 Å².